The minimum Gasteiger partial charge on any atom is -0.328 e. The Morgan fingerprint density at radius 1 is 1.32 bits per heavy atom. The fraction of sp³-hybridized carbons (Fsp3) is 0.417. The van der Waals surface area contributed by atoms with E-state index in [1.807, 2.05) is 6.07 Å². The smallest absolute Gasteiger partial charge is 0.175 e. The first-order chi connectivity index (χ1) is 9.13. The Labute approximate surface area is 110 Å². The van der Waals surface area contributed by atoms with Crippen molar-refractivity contribution >= 4 is 17.2 Å². The summed E-state index contributed by atoms with van der Waals surface area (Å²) in [5.74, 6) is 0.135. The van der Waals surface area contributed by atoms with Crippen LogP contribution in [-0.2, 0) is 12.8 Å². The van der Waals surface area contributed by atoms with Crippen molar-refractivity contribution in [3.05, 3.63) is 23.3 Å². The number of hydrogen-bond donors (Lipinski definition) is 4. The van der Waals surface area contributed by atoms with E-state index in [4.69, 9.17) is 11.5 Å². The first-order valence-electron chi connectivity index (χ1n) is 6.30. The molecular formula is C12H17N5O2. The van der Waals surface area contributed by atoms with Gasteiger partial charge in [0.05, 0.1) is 11.7 Å². The summed E-state index contributed by atoms with van der Waals surface area (Å²) in [6.45, 7) is 0.129. The van der Waals surface area contributed by atoms with Crippen molar-refractivity contribution in [2.45, 2.75) is 25.3 Å². The van der Waals surface area contributed by atoms with Gasteiger partial charge in [-0.05, 0) is 36.5 Å². The fourth-order valence-electron chi connectivity index (χ4n) is 2.68. The second-order valence-corrected chi connectivity index (χ2v) is 4.83. The lowest BCUT2D eigenvalue weighted by Gasteiger charge is -2.32. The Bertz CT molecular complexity index is 545. The second kappa shape index (κ2) is 4.46. The average molecular weight is 263 g/mol. The molecule has 0 spiro atoms. The number of hydrogen-bond acceptors (Lipinski definition) is 7. The summed E-state index contributed by atoms with van der Waals surface area (Å²) in [6, 6.07) is 3.09. The Hall–Kier alpha value is -1.67. The first-order valence-corrected chi connectivity index (χ1v) is 6.30. The van der Waals surface area contributed by atoms with Crippen LogP contribution in [0.2, 0.25) is 0 Å². The lowest BCUT2D eigenvalue weighted by molar-refractivity contribution is 0.243. The summed E-state index contributed by atoms with van der Waals surface area (Å²) in [7, 11) is 0. The summed E-state index contributed by atoms with van der Waals surface area (Å²) in [4.78, 5) is 0. The lowest BCUT2D eigenvalue weighted by atomic mass is 10.1. The molecule has 2 aliphatic rings. The van der Waals surface area contributed by atoms with Crippen molar-refractivity contribution in [1.82, 2.24) is 0 Å². The van der Waals surface area contributed by atoms with Crippen LogP contribution in [0.15, 0.2) is 17.2 Å². The van der Waals surface area contributed by atoms with E-state index in [0.29, 0.717) is 11.4 Å². The van der Waals surface area contributed by atoms with Crippen molar-refractivity contribution in [1.29, 1.82) is 0 Å². The quantitative estimate of drug-likeness (QED) is 0.605. The van der Waals surface area contributed by atoms with Crippen molar-refractivity contribution in [3.63, 3.8) is 0 Å². The molecule has 19 heavy (non-hydrogen) atoms. The van der Waals surface area contributed by atoms with Crippen LogP contribution in [-0.4, -0.2) is 28.8 Å². The van der Waals surface area contributed by atoms with Crippen LogP contribution in [0.4, 0.5) is 11.4 Å². The maximum absolute atomic E-state index is 10.2. The van der Waals surface area contributed by atoms with Gasteiger partial charge in [0, 0.05) is 6.54 Å². The van der Waals surface area contributed by atoms with E-state index >= 15 is 0 Å². The number of aryl methyl sites for hydroxylation is 1. The van der Waals surface area contributed by atoms with Gasteiger partial charge in [0.25, 0.3) is 0 Å². The van der Waals surface area contributed by atoms with E-state index in [1.165, 1.54) is 5.56 Å². The van der Waals surface area contributed by atoms with Gasteiger partial charge in [0.15, 0.2) is 5.84 Å². The molecule has 1 aromatic rings. The van der Waals surface area contributed by atoms with E-state index in [-0.39, 0.29) is 12.4 Å². The highest BCUT2D eigenvalue weighted by Gasteiger charge is 2.32. The highest BCUT2D eigenvalue weighted by molar-refractivity contribution is 6.04. The zero-order chi connectivity index (χ0) is 13.6. The molecule has 1 aromatic carbocycles. The Balaban J connectivity index is 2.09. The number of hydroxylamine groups is 1. The van der Waals surface area contributed by atoms with E-state index in [1.54, 1.807) is 6.07 Å². The van der Waals surface area contributed by atoms with Gasteiger partial charge in [-0.15, -0.1) is 10.3 Å². The molecule has 102 valence electrons. The number of rotatable bonds is 2. The molecule has 0 bridgehead atoms. The van der Waals surface area contributed by atoms with Crippen LogP contribution in [0.25, 0.3) is 0 Å². The molecule has 1 atom stereocenters. The maximum Gasteiger partial charge on any atom is 0.175 e. The highest BCUT2D eigenvalue weighted by Crippen LogP contribution is 2.40. The molecule has 1 heterocycles. The van der Waals surface area contributed by atoms with Gasteiger partial charge in [0.1, 0.15) is 5.69 Å². The van der Waals surface area contributed by atoms with Gasteiger partial charge in [-0.25, -0.2) is 5.06 Å². The van der Waals surface area contributed by atoms with Crippen LogP contribution >= 0.6 is 0 Å². The number of hydrazone groups is 1. The Kier molecular flexibility index (Phi) is 2.90. The maximum atomic E-state index is 10.2. The number of anilines is 2. The molecule has 3 rings (SSSR count). The SMILES string of the molecule is NCC(N)C1=NN(O)c2c(ccc3c2CCC3)N1O. The Morgan fingerprint density at radius 3 is 2.84 bits per heavy atom. The summed E-state index contributed by atoms with van der Waals surface area (Å²) in [6.07, 6.45) is 2.90. The van der Waals surface area contributed by atoms with Gasteiger partial charge in [-0.1, -0.05) is 6.07 Å². The molecule has 0 radical (unpaired) electrons. The first kappa shape index (κ1) is 12.4. The summed E-state index contributed by atoms with van der Waals surface area (Å²) in [5, 5.41) is 25.9. The third-order valence-electron chi connectivity index (χ3n) is 3.66. The number of fused-ring (bicyclic) bond motifs is 3. The number of amidine groups is 1. The molecule has 7 heteroatoms. The third-order valence-corrected chi connectivity index (χ3v) is 3.66. The minimum atomic E-state index is -0.638. The molecule has 1 aliphatic carbocycles. The van der Waals surface area contributed by atoms with E-state index < -0.39 is 6.04 Å². The topological polar surface area (TPSA) is 111 Å². The van der Waals surface area contributed by atoms with Crippen LogP contribution < -0.4 is 21.7 Å². The fourth-order valence-corrected chi connectivity index (χ4v) is 2.68. The summed E-state index contributed by atoms with van der Waals surface area (Å²) >= 11 is 0. The van der Waals surface area contributed by atoms with Gasteiger partial charge in [-0.2, -0.15) is 0 Å². The third kappa shape index (κ3) is 1.79. The van der Waals surface area contributed by atoms with Gasteiger partial charge in [0.2, 0.25) is 0 Å². The predicted molar refractivity (Wildman–Crippen MR) is 71.5 cm³/mol. The van der Waals surface area contributed by atoms with Gasteiger partial charge >= 0.3 is 0 Å². The molecule has 1 aliphatic heterocycles. The molecule has 0 saturated carbocycles. The predicted octanol–water partition coefficient (Wildman–Crippen LogP) is 0.180. The van der Waals surface area contributed by atoms with Crippen molar-refractivity contribution in [3.8, 4) is 0 Å². The van der Waals surface area contributed by atoms with Crippen LogP contribution in [0.1, 0.15) is 17.5 Å². The molecular weight excluding hydrogens is 246 g/mol. The second-order valence-electron chi connectivity index (χ2n) is 4.83. The molecule has 0 aromatic heterocycles. The summed E-state index contributed by atoms with van der Waals surface area (Å²) < 4.78 is 0. The standard InChI is InChI=1S/C12H17N5O2/c13-6-9(14)12-15-17(19)11-8-3-1-2-7(8)4-5-10(11)16(12)18/h4-5,9,18-19H,1-3,6,13-14H2. The zero-order valence-electron chi connectivity index (χ0n) is 10.5. The van der Waals surface area contributed by atoms with E-state index in [0.717, 1.165) is 35.1 Å². The largest absolute Gasteiger partial charge is 0.328 e. The normalized spacial score (nSPS) is 19.1. The molecule has 1 unspecified atom stereocenters. The van der Waals surface area contributed by atoms with Crippen LogP contribution in [0, 0.1) is 0 Å². The number of nitrogens with zero attached hydrogens (tertiary/aromatic N) is 3. The lowest BCUT2D eigenvalue weighted by Crippen LogP contribution is -2.49. The van der Waals surface area contributed by atoms with E-state index in [9.17, 15) is 10.4 Å². The number of benzene rings is 1. The highest BCUT2D eigenvalue weighted by atomic mass is 16.5. The summed E-state index contributed by atoms with van der Waals surface area (Å²) in [5.41, 5.74) is 14.5. The van der Waals surface area contributed by atoms with E-state index in [2.05, 4.69) is 5.10 Å². The van der Waals surface area contributed by atoms with Gasteiger partial charge < -0.3 is 11.5 Å². The average Bonchev–Trinajstić information content (AvgIpc) is 2.89. The van der Waals surface area contributed by atoms with Crippen LogP contribution in [0.3, 0.4) is 0 Å². The molecule has 7 nitrogen and oxygen atoms in total. The molecule has 0 fully saturated rings. The Morgan fingerprint density at radius 2 is 2.11 bits per heavy atom. The molecule has 0 saturated heterocycles. The number of nitrogens with two attached hydrogens (primary N) is 2. The van der Waals surface area contributed by atoms with Crippen molar-refractivity contribution < 1.29 is 10.4 Å². The minimum absolute atomic E-state index is 0.129. The monoisotopic (exact) mass is 263 g/mol. The molecule has 6 N–H and O–H groups in total. The van der Waals surface area contributed by atoms with Crippen molar-refractivity contribution in [2.24, 2.45) is 16.6 Å². The zero-order valence-corrected chi connectivity index (χ0v) is 10.5. The van der Waals surface area contributed by atoms with Gasteiger partial charge in [-0.3, -0.25) is 10.4 Å². The van der Waals surface area contributed by atoms with Crippen LogP contribution in [0.5, 0.6) is 0 Å². The molecule has 0 amide bonds. The van der Waals surface area contributed by atoms with Crippen molar-refractivity contribution in [2.75, 3.05) is 16.8 Å².